The van der Waals surface area contributed by atoms with E-state index < -0.39 is 18.0 Å². The van der Waals surface area contributed by atoms with Crippen molar-refractivity contribution in [1.82, 2.24) is 4.57 Å². The van der Waals surface area contributed by atoms with E-state index in [4.69, 9.17) is 14.2 Å². The lowest BCUT2D eigenvalue weighted by atomic mass is 9.81. The van der Waals surface area contributed by atoms with E-state index in [0.29, 0.717) is 23.8 Å². The predicted molar refractivity (Wildman–Crippen MR) is 121 cm³/mol. The summed E-state index contributed by atoms with van der Waals surface area (Å²) in [7, 11) is 2.70. The molecule has 0 radical (unpaired) electrons. The number of hydrogen-bond acceptors (Lipinski definition) is 5. The van der Waals surface area contributed by atoms with E-state index in [2.05, 4.69) is 16.7 Å². The lowest BCUT2D eigenvalue weighted by Gasteiger charge is -2.27. The molecule has 0 amide bonds. The van der Waals surface area contributed by atoms with E-state index in [-0.39, 0.29) is 0 Å². The molecule has 1 fully saturated rings. The molecule has 1 atom stereocenters. The highest BCUT2D eigenvalue weighted by atomic mass is 16.6. The quantitative estimate of drug-likeness (QED) is 0.537. The molecule has 1 unspecified atom stereocenters. The van der Waals surface area contributed by atoms with Gasteiger partial charge in [-0.15, -0.1) is 0 Å². The summed E-state index contributed by atoms with van der Waals surface area (Å²) in [6, 6.07) is 14.0. The normalized spacial score (nSPS) is 18.2. The van der Waals surface area contributed by atoms with Crippen molar-refractivity contribution in [3.63, 3.8) is 0 Å². The molecule has 6 nitrogen and oxygen atoms in total. The van der Waals surface area contributed by atoms with Crippen molar-refractivity contribution in [2.45, 2.75) is 50.7 Å². The Morgan fingerprint density at radius 2 is 1.72 bits per heavy atom. The summed E-state index contributed by atoms with van der Waals surface area (Å²) in [6.07, 6.45) is 5.11. The number of esters is 2. The van der Waals surface area contributed by atoms with E-state index >= 15 is 0 Å². The van der Waals surface area contributed by atoms with Crippen molar-refractivity contribution in [2.24, 2.45) is 0 Å². The molecule has 2 aliphatic rings. The highest BCUT2D eigenvalue weighted by Crippen LogP contribution is 2.48. The van der Waals surface area contributed by atoms with Crippen LogP contribution in [-0.4, -0.2) is 36.8 Å². The van der Waals surface area contributed by atoms with E-state index in [1.165, 1.54) is 39.0 Å². The number of methoxy groups -OCH3 is 2. The highest BCUT2D eigenvalue weighted by molar-refractivity contribution is 6.04. The minimum atomic E-state index is -0.837. The molecule has 1 saturated carbocycles. The number of rotatable bonds is 4. The SMILES string of the molecule is COC(=O)c1ccc2c(C3CCCCC3)c(-c3ccccc3)n3c2c1OC(C(=O)OC)C3. The van der Waals surface area contributed by atoms with Gasteiger partial charge in [-0.1, -0.05) is 55.7 Å². The van der Waals surface area contributed by atoms with Gasteiger partial charge in [0.1, 0.15) is 5.56 Å². The third-order valence-electron chi connectivity index (χ3n) is 6.76. The third-order valence-corrected chi connectivity index (χ3v) is 6.76. The monoisotopic (exact) mass is 433 g/mol. The maximum Gasteiger partial charge on any atom is 0.348 e. The molecule has 2 aromatic carbocycles. The molecule has 2 heterocycles. The van der Waals surface area contributed by atoms with Gasteiger partial charge < -0.3 is 18.8 Å². The zero-order valence-corrected chi connectivity index (χ0v) is 18.4. The summed E-state index contributed by atoms with van der Waals surface area (Å²) in [5.41, 5.74) is 4.67. The van der Waals surface area contributed by atoms with Gasteiger partial charge >= 0.3 is 11.9 Å². The standard InChI is InChI=1S/C26H27NO5/c1-30-25(28)19-14-13-18-21(16-9-5-3-6-10-16)22(17-11-7-4-8-12-17)27-15-20(26(29)31-2)32-24(19)23(18)27/h4,7-8,11-14,16,20H,3,5-6,9-10,15H2,1-2H3. The minimum Gasteiger partial charge on any atom is -0.474 e. The molecule has 1 aliphatic carbocycles. The summed E-state index contributed by atoms with van der Waals surface area (Å²) in [5.74, 6) is -0.125. The van der Waals surface area contributed by atoms with Gasteiger partial charge in [-0.25, -0.2) is 9.59 Å². The molecule has 1 aliphatic heterocycles. The maximum atomic E-state index is 12.6. The summed E-state index contributed by atoms with van der Waals surface area (Å²) in [5, 5.41) is 1.08. The maximum absolute atomic E-state index is 12.6. The average molecular weight is 434 g/mol. The van der Waals surface area contributed by atoms with Crippen molar-refractivity contribution in [2.75, 3.05) is 14.2 Å². The zero-order valence-electron chi connectivity index (χ0n) is 18.4. The van der Waals surface area contributed by atoms with Crippen molar-refractivity contribution < 1.29 is 23.8 Å². The van der Waals surface area contributed by atoms with E-state index in [0.717, 1.165) is 35.0 Å². The molecule has 5 rings (SSSR count). The molecular weight excluding hydrogens is 406 g/mol. The average Bonchev–Trinajstić information content (AvgIpc) is 3.19. The Kier molecular flexibility index (Phi) is 5.37. The lowest BCUT2D eigenvalue weighted by molar-refractivity contribution is -0.149. The molecular formula is C26H27NO5. The number of benzene rings is 2. The second-order valence-corrected chi connectivity index (χ2v) is 8.53. The zero-order chi connectivity index (χ0) is 22.2. The van der Waals surface area contributed by atoms with Gasteiger partial charge in [-0.3, -0.25) is 0 Å². The van der Waals surface area contributed by atoms with Crippen LogP contribution in [0.2, 0.25) is 0 Å². The molecule has 0 spiro atoms. The van der Waals surface area contributed by atoms with Crippen LogP contribution in [0.15, 0.2) is 42.5 Å². The topological polar surface area (TPSA) is 66.8 Å². The smallest absolute Gasteiger partial charge is 0.348 e. The Morgan fingerprint density at radius 3 is 2.41 bits per heavy atom. The van der Waals surface area contributed by atoms with Crippen LogP contribution < -0.4 is 4.74 Å². The summed E-state index contributed by atoms with van der Waals surface area (Å²) >= 11 is 0. The number of carbonyl (C=O) groups excluding carboxylic acids is 2. The van der Waals surface area contributed by atoms with Gasteiger partial charge in [-0.2, -0.15) is 0 Å². The van der Waals surface area contributed by atoms with Crippen LogP contribution in [0.4, 0.5) is 0 Å². The van der Waals surface area contributed by atoms with E-state index in [1.807, 2.05) is 24.3 Å². The highest BCUT2D eigenvalue weighted by Gasteiger charge is 2.37. The first-order chi connectivity index (χ1) is 15.6. The third kappa shape index (κ3) is 3.25. The van der Waals surface area contributed by atoms with Crippen LogP contribution in [0.25, 0.3) is 22.2 Å². The second kappa shape index (κ2) is 8.34. The minimum absolute atomic E-state index is 0.321. The second-order valence-electron chi connectivity index (χ2n) is 8.53. The molecule has 3 aromatic rings. The van der Waals surface area contributed by atoms with Crippen LogP contribution in [0.3, 0.4) is 0 Å². The lowest BCUT2D eigenvalue weighted by Crippen LogP contribution is -2.36. The molecule has 1 aromatic heterocycles. The molecule has 32 heavy (non-hydrogen) atoms. The fourth-order valence-corrected chi connectivity index (χ4v) is 5.33. The van der Waals surface area contributed by atoms with Crippen LogP contribution in [0, 0.1) is 0 Å². The Bertz CT molecular complexity index is 1170. The van der Waals surface area contributed by atoms with Gasteiger partial charge in [0.25, 0.3) is 0 Å². The Morgan fingerprint density at radius 1 is 0.969 bits per heavy atom. The van der Waals surface area contributed by atoms with Crippen LogP contribution >= 0.6 is 0 Å². The Balaban J connectivity index is 1.83. The summed E-state index contributed by atoms with van der Waals surface area (Å²) < 4.78 is 18.3. The van der Waals surface area contributed by atoms with Crippen molar-refractivity contribution in [3.05, 3.63) is 53.6 Å². The number of aromatic nitrogens is 1. The fourth-order valence-electron chi connectivity index (χ4n) is 5.33. The van der Waals surface area contributed by atoms with Crippen LogP contribution in [-0.2, 0) is 20.8 Å². The summed E-state index contributed by atoms with van der Waals surface area (Å²) in [4.78, 5) is 25.1. The predicted octanol–water partition coefficient (Wildman–Crippen LogP) is 5.08. The molecule has 166 valence electrons. The van der Waals surface area contributed by atoms with Gasteiger partial charge in [0.2, 0.25) is 6.10 Å². The van der Waals surface area contributed by atoms with Crippen LogP contribution in [0.5, 0.6) is 5.75 Å². The van der Waals surface area contributed by atoms with Gasteiger partial charge in [0.15, 0.2) is 5.75 Å². The van der Waals surface area contributed by atoms with Gasteiger partial charge in [0, 0.05) is 5.39 Å². The Hall–Kier alpha value is -3.28. The fraction of sp³-hybridized carbons (Fsp3) is 0.385. The molecule has 0 bridgehead atoms. The molecule has 6 heteroatoms. The number of hydrogen-bond donors (Lipinski definition) is 0. The van der Waals surface area contributed by atoms with Crippen molar-refractivity contribution >= 4 is 22.8 Å². The first-order valence-corrected chi connectivity index (χ1v) is 11.2. The Labute approximate surface area is 187 Å². The first kappa shape index (κ1) is 20.6. The van der Waals surface area contributed by atoms with Crippen molar-refractivity contribution in [3.8, 4) is 17.0 Å². The first-order valence-electron chi connectivity index (χ1n) is 11.2. The van der Waals surface area contributed by atoms with Gasteiger partial charge in [0.05, 0.1) is 32.0 Å². The number of nitrogens with zero attached hydrogens (tertiary/aromatic N) is 1. The summed E-state index contributed by atoms with van der Waals surface area (Å²) in [6.45, 7) is 0.331. The number of ether oxygens (including phenoxy) is 3. The molecule has 0 saturated heterocycles. The van der Waals surface area contributed by atoms with Crippen LogP contribution in [0.1, 0.15) is 53.9 Å². The van der Waals surface area contributed by atoms with E-state index in [9.17, 15) is 9.59 Å². The van der Waals surface area contributed by atoms with Gasteiger partial charge in [-0.05, 0) is 36.0 Å². The largest absolute Gasteiger partial charge is 0.474 e. The molecule has 0 N–H and O–H groups in total. The number of carbonyl (C=O) groups is 2. The van der Waals surface area contributed by atoms with Crippen molar-refractivity contribution in [1.29, 1.82) is 0 Å². The van der Waals surface area contributed by atoms with E-state index in [1.54, 1.807) is 6.07 Å².